The molecule has 1 aromatic heterocycles. The molecule has 3 rings (SSSR count). The number of amides is 1. The van der Waals surface area contributed by atoms with E-state index in [1.165, 1.54) is 4.70 Å². The molecule has 1 fully saturated rings. The normalized spacial score (nSPS) is 15.0. The van der Waals surface area contributed by atoms with Crippen molar-refractivity contribution >= 4 is 38.9 Å². The molecule has 0 bridgehead atoms. The Bertz CT molecular complexity index is 634. The Morgan fingerprint density at radius 2 is 2.05 bits per heavy atom. The van der Waals surface area contributed by atoms with Crippen molar-refractivity contribution in [1.29, 1.82) is 0 Å². The molecule has 0 atom stereocenters. The van der Waals surface area contributed by atoms with Gasteiger partial charge in [-0.1, -0.05) is 29.8 Å². The molecule has 1 saturated heterocycles. The van der Waals surface area contributed by atoms with Crippen LogP contribution >= 0.6 is 22.9 Å². The van der Waals surface area contributed by atoms with E-state index in [1.54, 1.807) is 11.3 Å². The monoisotopic (exact) mass is 322 g/mol. The molecule has 1 N–H and O–H groups in total. The highest BCUT2D eigenvalue weighted by atomic mass is 35.5. The molecule has 2 aromatic rings. The number of carbonyl (C=O) groups excluding carboxylic acids is 1. The van der Waals surface area contributed by atoms with Gasteiger partial charge in [-0.25, -0.2) is 0 Å². The fourth-order valence-electron chi connectivity index (χ4n) is 2.70. The molecule has 0 spiro atoms. The predicted octanol–water partition coefficient (Wildman–Crippen LogP) is 3.66. The van der Waals surface area contributed by atoms with Gasteiger partial charge in [-0.2, -0.15) is 0 Å². The summed E-state index contributed by atoms with van der Waals surface area (Å²) in [6.07, 6.45) is 2.87. The zero-order valence-corrected chi connectivity index (χ0v) is 13.5. The molecule has 0 aliphatic carbocycles. The van der Waals surface area contributed by atoms with Crippen LogP contribution in [0.5, 0.6) is 0 Å². The number of halogens is 1. The topological polar surface area (TPSA) is 32.3 Å². The third-order valence-electron chi connectivity index (χ3n) is 3.86. The van der Waals surface area contributed by atoms with Crippen molar-refractivity contribution in [3.8, 4) is 0 Å². The van der Waals surface area contributed by atoms with Gasteiger partial charge in [-0.05, 0) is 18.9 Å². The van der Waals surface area contributed by atoms with Gasteiger partial charge in [0.2, 0.25) is 5.91 Å². The number of carbonyl (C=O) groups is 1. The van der Waals surface area contributed by atoms with Gasteiger partial charge >= 0.3 is 0 Å². The second-order valence-corrected chi connectivity index (χ2v) is 6.86. The Balaban J connectivity index is 1.50. The minimum Gasteiger partial charge on any atom is -0.343 e. The van der Waals surface area contributed by atoms with Crippen LogP contribution in [0.15, 0.2) is 24.3 Å². The molecule has 2 heterocycles. The Labute approximate surface area is 133 Å². The Morgan fingerprint density at radius 1 is 1.29 bits per heavy atom. The lowest BCUT2D eigenvalue weighted by Crippen LogP contribution is -2.30. The molecule has 21 heavy (non-hydrogen) atoms. The van der Waals surface area contributed by atoms with Gasteiger partial charge in [0.25, 0.3) is 0 Å². The van der Waals surface area contributed by atoms with Crippen LogP contribution in [0.1, 0.15) is 24.1 Å². The first-order valence-electron chi connectivity index (χ1n) is 7.40. The summed E-state index contributed by atoms with van der Waals surface area (Å²) in [6.45, 7) is 3.30. The van der Waals surface area contributed by atoms with Gasteiger partial charge in [0.15, 0.2) is 0 Å². The molecule has 1 aliphatic heterocycles. The average molecular weight is 323 g/mol. The molecular formula is C16H19ClN2OS. The summed E-state index contributed by atoms with van der Waals surface area (Å²) in [5, 5.41) is 5.30. The number of thiophene rings is 1. The molecular weight excluding hydrogens is 304 g/mol. The lowest BCUT2D eigenvalue weighted by Gasteiger charge is -2.15. The molecule has 0 radical (unpaired) electrons. The van der Waals surface area contributed by atoms with E-state index in [1.807, 2.05) is 17.0 Å². The number of hydrogen-bond donors (Lipinski definition) is 1. The predicted molar refractivity (Wildman–Crippen MR) is 89.0 cm³/mol. The summed E-state index contributed by atoms with van der Waals surface area (Å²) in [6, 6.07) is 8.18. The molecule has 0 unspecified atom stereocenters. The van der Waals surface area contributed by atoms with Crippen LogP contribution in [0.2, 0.25) is 5.02 Å². The van der Waals surface area contributed by atoms with E-state index in [0.717, 1.165) is 47.8 Å². The van der Waals surface area contributed by atoms with E-state index < -0.39 is 0 Å². The Morgan fingerprint density at radius 3 is 2.81 bits per heavy atom. The van der Waals surface area contributed by atoms with Gasteiger partial charge in [-0.3, -0.25) is 4.79 Å². The number of nitrogens with zero attached hydrogens (tertiary/aromatic N) is 1. The van der Waals surface area contributed by atoms with Crippen LogP contribution in [0, 0.1) is 0 Å². The highest BCUT2D eigenvalue weighted by molar-refractivity contribution is 7.19. The Kier molecular flexibility index (Phi) is 4.78. The number of fused-ring (bicyclic) bond motifs is 1. The summed E-state index contributed by atoms with van der Waals surface area (Å²) in [5.74, 6) is 0.266. The van der Waals surface area contributed by atoms with Crippen LogP contribution in [-0.2, 0) is 11.3 Å². The standard InChI is InChI=1S/C16H19ClN2OS/c17-16-12-5-1-2-6-13(12)21-14(16)11-18-8-7-15(20)19-9-3-4-10-19/h1-2,5-6,18H,3-4,7-11H2. The first kappa shape index (κ1) is 14.8. The maximum absolute atomic E-state index is 11.9. The van der Waals surface area contributed by atoms with Gasteiger partial charge in [-0.15, -0.1) is 11.3 Å². The lowest BCUT2D eigenvalue weighted by molar-refractivity contribution is -0.130. The van der Waals surface area contributed by atoms with Gasteiger partial charge in [0.05, 0.1) is 5.02 Å². The Hall–Kier alpha value is -1.10. The number of hydrogen-bond acceptors (Lipinski definition) is 3. The first-order chi connectivity index (χ1) is 10.3. The van der Waals surface area contributed by atoms with Crippen LogP contribution in [0.3, 0.4) is 0 Å². The van der Waals surface area contributed by atoms with Crippen molar-refractivity contribution in [1.82, 2.24) is 10.2 Å². The van der Waals surface area contributed by atoms with E-state index >= 15 is 0 Å². The minimum atomic E-state index is 0.266. The molecule has 0 saturated carbocycles. The summed E-state index contributed by atoms with van der Waals surface area (Å²) in [7, 11) is 0. The molecule has 1 amide bonds. The summed E-state index contributed by atoms with van der Waals surface area (Å²) >= 11 is 8.12. The third-order valence-corrected chi connectivity index (χ3v) is 5.58. The van der Waals surface area contributed by atoms with Crippen molar-refractivity contribution in [3.05, 3.63) is 34.2 Å². The highest BCUT2D eigenvalue weighted by Gasteiger charge is 2.17. The van der Waals surface area contributed by atoms with Crippen LogP contribution in [-0.4, -0.2) is 30.4 Å². The third kappa shape index (κ3) is 3.39. The average Bonchev–Trinajstić information content (AvgIpc) is 3.13. The van der Waals surface area contributed by atoms with E-state index in [-0.39, 0.29) is 5.91 Å². The zero-order chi connectivity index (χ0) is 14.7. The summed E-state index contributed by atoms with van der Waals surface area (Å²) < 4.78 is 1.22. The molecule has 5 heteroatoms. The molecule has 1 aromatic carbocycles. The summed E-state index contributed by atoms with van der Waals surface area (Å²) in [5.41, 5.74) is 0. The van der Waals surface area contributed by atoms with E-state index in [2.05, 4.69) is 17.4 Å². The SMILES string of the molecule is O=C(CCNCc1sc2ccccc2c1Cl)N1CCCC1. The van der Waals surface area contributed by atoms with Crippen molar-refractivity contribution in [2.45, 2.75) is 25.8 Å². The smallest absolute Gasteiger partial charge is 0.223 e. The van der Waals surface area contributed by atoms with Crippen LogP contribution < -0.4 is 5.32 Å². The zero-order valence-electron chi connectivity index (χ0n) is 11.9. The number of benzene rings is 1. The van der Waals surface area contributed by atoms with Crippen LogP contribution in [0.4, 0.5) is 0 Å². The van der Waals surface area contributed by atoms with Gasteiger partial charge < -0.3 is 10.2 Å². The fourth-order valence-corrected chi connectivity index (χ4v) is 4.17. The highest BCUT2D eigenvalue weighted by Crippen LogP contribution is 2.34. The van der Waals surface area contributed by atoms with Crippen molar-refractivity contribution in [2.75, 3.05) is 19.6 Å². The first-order valence-corrected chi connectivity index (χ1v) is 8.59. The fraction of sp³-hybridized carbons (Fsp3) is 0.438. The van der Waals surface area contributed by atoms with Crippen molar-refractivity contribution in [2.24, 2.45) is 0 Å². The van der Waals surface area contributed by atoms with E-state index in [9.17, 15) is 4.79 Å². The molecule has 3 nitrogen and oxygen atoms in total. The molecule has 1 aliphatic rings. The van der Waals surface area contributed by atoms with Gasteiger partial charge in [0, 0.05) is 47.6 Å². The van der Waals surface area contributed by atoms with Gasteiger partial charge in [0.1, 0.15) is 0 Å². The number of rotatable bonds is 5. The second-order valence-electron chi connectivity index (χ2n) is 5.35. The maximum atomic E-state index is 11.9. The van der Waals surface area contributed by atoms with Crippen molar-refractivity contribution < 1.29 is 4.79 Å². The molecule has 112 valence electrons. The lowest BCUT2D eigenvalue weighted by atomic mass is 10.2. The maximum Gasteiger partial charge on any atom is 0.223 e. The van der Waals surface area contributed by atoms with Crippen molar-refractivity contribution in [3.63, 3.8) is 0 Å². The summed E-state index contributed by atoms with van der Waals surface area (Å²) in [4.78, 5) is 15.0. The van der Waals surface area contributed by atoms with Crippen LogP contribution in [0.25, 0.3) is 10.1 Å². The van der Waals surface area contributed by atoms with E-state index in [4.69, 9.17) is 11.6 Å². The quantitative estimate of drug-likeness (QED) is 0.852. The minimum absolute atomic E-state index is 0.266. The number of likely N-dealkylation sites (tertiary alicyclic amines) is 1. The number of nitrogens with one attached hydrogen (secondary N) is 1. The largest absolute Gasteiger partial charge is 0.343 e. The van der Waals surface area contributed by atoms with E-state index in [0.29, 0.717) is 13.0 Å². The second kappa shape index (κ2) is 6.77.